The summed E-state index contributed by atoms with van der Waals surface area (Å²) in [7, 11) is -2.12. The Morgan fingerprint density at radius 2 is 2.00 bits per heavy atom. The predicted octanol–water partition coefficient (Wildman–Crippen LogP) is 5.68. The highest BCUT2D eigenvalue weighted by Gasteiger charge is 2.58. The van der Waals surface area contributed by atoms with E-state index in [-0.39, 0.29) is 30.2 Å². The van der Waals surface area contributed by atoms with Crippen LogP contribution in [0.15, 0.2) is 18.2 Å². The molecule has 3 rings (SSSR count). The van der Waals surface area contributed by atoms with Crippen LogP contribution in [0.1, 0.15) is 82.6 Å². The molecule has 1 amide bonds. The van der Waals surface area contributed by atoms with Crippen molar-refractivity contribution in [2.24, 2.45) is 5.92 Å². The molecule has 5 nitrogen and oxygen atoms in total. The first kappa shape index (κ1) is 24.3. The van der Waals surface area contributed by atoms with E-state index < -0.39 is 14.0 Å². The van der Waals surface area contributed by atoms with Crippen LogP contribution >= 0.6 is 0 Å². The number of hydrogen-bond donors (Lipinski definition) is 1. The average Bonchev–Trinajstić information content (AvgIpc) is 3.12. The Morgan fingerprint density at radius 3 is 2.61 bits per heavy atom. The van der Waals surface area contributed by atoms with Gasteiger partial charge in [-0.15, -0.1) is 0 Å². The number of unbranched alkanes of at least 4 members (excludes halogenated alkanes) is 2. The molecule has 1 spiro atoms. The van der Waals surface area contributed by atoms with Gasteiger partial charge in [0.1, 0.15) is 5.75 Å². The summed E-state index contributed by atoms with van der Waals surface area (Å²) in [5, 5.41) is 9.79. The van der Waals surface area contributed by atoms with Crippen molar-refractivity contribution in [1.29, 1.82) is 0 Å². The van der Waals surface area contributed by atoms with Crippen LogP contribution in [0.4, 0.5) is 0 Å². The number of amides is 1. The van der Waals surface area contributed by atoms with Gasteiger partial charge in [0.15, 0.2) is 5.72 Å². The molecule has 0 saturated carbocycles. The normalized spacial score (nSPS) is 26.1. The lowest BCUT2D eigenvalue weighted by Gasteiger charge is -2.37. The van der Waals surface area contributed by atoms with Gasteiger partial charge in [-0.25, -0.2) is 0 Å². The molecule has 1 unspecified atom stereocenters. The second-order valence-electron chi connectivity index (χ2n) is 10.8. The second-order valence-corrected chi connectivity index (χ2v) is 15.6. The fraction of sp³-hybridized carbons (Fsp3) is 0.720. The molecular weight excluding hydrogens is 406 g/mol. The molecule has 31 heavy (non-hydrogen) atoms. The van der Waals surface area contributed by atoms with Gasteiger partial charge in [0.05, 0.1) is 18.3 Å². The number of carbonyl (C=O) groups excluding carboxylic acids is 1. The molecule has 6 heteroatoms. The first-order valence-electron chi connectivity index (χ1n) is 11.9. The zero-order valence-electron chi connectivity index (χ0n) is 20.5. The lowest BCUT2D eigenvalue weighted by Crippen LogP contribution is -2.45. The van der Waals surface area contributed by atoms with Gasteiger partial charge >= 0.3 is 0 Å². The maximum Gasteiger partial charge on any atom is 0.260 e. The van der Waals surface area contributed by atoms with Gasteiger partial charge in [-0.05, 0) is 36.5 Å². The Kier molecular flexibility index (Phi) is 6.95. The first-order valence-corrected chi connectivity index (χ1v) is 14.8. The average molecular weight is 448 g/mol. The summed E-state index contributed by atoms with van der Waals surface area (Å²) >= 11 is 0. The minimum Gasteiger partial charge on any atom is -0.543 e. The third-order valence-corrected chi connectivity index (χ3v) is 11.9. The maximum absolute atomic E-state index is 13.6. The lowest BCUT2D eigenvalue weighted by atomic mass is 9.91. The number of hydrogen-bond acceptors (Lipinski definition) is 4. The SMILES string of the molecule is CCCCC[C@H]1OC2(C[C@H]1C)c1cccc(O[Si](C)(C)C(C)(C)C)c1C(=O)N2CCO. The minimum atomic E-state index is -2.12. The monoisotopic (exact) mass is 447 g/mol. The molecule has 0 bridgehead atoms. The molecule has 1 N–H and O–H groups in total. The Bertz CT molecular complexity index is 803. The Balaban J connectivity index is 2.02. The van der Waals surface area contributed by atoms with Crippen LogP contribution < -0.4 is 4.43 Å². The quantitative estimate of drug-likeness (QED) is 0.412. The molecule has 2 aliphatic rings. The van der Waals surface area contributed by atoms with Crippen molar-refractivity contribution in [1.82, 2.24) is 4.90 Å². The topological polar surface area (TPSA) is 59.0 Å². The Labute approximate surface area is 189 Å². The van der Waals surface area contributed by atoms with Gasteiger partial charge in [-0.1, -0.05) is 66.0 Å². The number of nitrogens with zero attached hydrogens (tertiary/aromatic N) is 1. The van der Waals surface area contributed by atoms with E-state index in [1.54, 1.807) is 4.90 Å². The van der Waals surface area contributed by atoms with Gasteiger partial charge in [0, 0.05) is 18.5 Å². The maximum atomic E-state index is 13.6. The molecule has 1 aromatic carbocycles. The molecule has 0 radical (unpaired) electrons. The number of ether oxygens (including phenoxy) is 1. The van der Waals surface area contributed by atoms with Crippen LogP contribution in [0.2, 0.25) is 18.1 Å². The molecule has 1 fully saturated rings. The Morgan fingerprint density at radius 1 is 1.29 bits per heavy atom. The van der Waals surface area contributed by atoms with Crippen molar-refractivity contribution in [3.8, 4) is 5.75 Å². The van der Waals surface area contributed by atoms with Crippen molar-refractivity contribution >= 4 is 14.2 Å². The Hall–Kier alpha value is -1.37. The van der Waals surface area contributed by atoms with E-state index in [2.05, 4.69) is 47.7 Å². The third kappa shape index (κ3) is 4.31. The summed E-state index contributed by atoms with van der Waals surface area (Å²) in [6.45, 7) is 15.6. The minimum absolute atomic E-state index is 0.0304. The molecule has 2 heterocycles. The molecule has 3 atom stereocenters. The van der Waals surface area contributed by atoms with Crippen LogP contribution in [0.5, 0.6) is 5.75 Å². The summed E-state index contributed by atoms with van der Waals surface area (Å²) in [6, 6.07) is 5.92. The van der Waals surface area contributed by atoms with Gasteiger partial charge < -0.3 is 19.2 Å². The number of rotatable bonds is 8. The molecule has 2 aliphatic heterocycles. The third-order valence-electron chi connectivity index (χ3n) is 7.51. The van der Waals surface area contributed by atoms with Crippen molar-refractivity contribution in [3.05, 3.63) is 29.3 Å². The van der Waals surface area contributed by atoms with Crippen molar-refractivity contribution in [3.63, 3.8) is 0 Å². The highest BCUT2D eigenvalue weighted by Crippen LogP contribution is 2.53. The molecule has 1 saturated heterocycles. The fourth-order valence-electron chi connectivity index (χ4n) is 4.69. The predicted molar refractivity (Wildman–Crippen MR) is 127 cm³/mol. The van der Waals surface area contributed by atoms with E-state index in [1.165, 1.54) is 12.8 Å². The molecule has 1 aromatic rings. The summed E-state index contributed by atoms with van der Waals surface area (Å²) in [5.74, 6) is 0.932. The van der Waals surface area contributed by atoms with Crippen LogP contribution in [0, 0.1) is 5.92 Å². The summed E-state index contributed by atoms with van der Waals surface area (Å²) in [4.78, 5) is 15.4. The zero-order chi connectivity index (χ0) is 23.0. The lowest BCUT2D eigenvalue weighted by molar-refractivity contribution is -0.133. The molecule has 174 valence electrons. The van der Waals surface area contributed by atoms with Crippen LogP contribution in [0.25, 0.3) is 0 Å². The largest absolute Gasteiger partial charge is 0.543 e. The fourth-order valence-corrected chi connectivity index (χ4v) is 5.71. The standard InChI is InChI=1S/C25H41NO4Si/c1-8-9-10-13-20-18(2)17-25(29-20)19-12-11-14-21(30-31(6,7)24(3,4)5)22(19)23(28)26(25)15-16-27/h11-12,14,18,20,27H,8-10,13,15-17H2,1-7H3/t18-,20-,25?/m1/s1. The zero-order valence-corrected chi connectivity index (χ0v) is 21.5. The van der Waals surface area contributed by atoms with Crippen molar-refractivity contribution in [2.75, 3.05) is 13.2 Å². The van der Waals surface area contributed by atoms with Gasteiger partial charge in [-0.2, -0.15) is 0 Å². The van der Waals surface area contributed by atoms with Crippen molar-refractivity contribution < 1.29 is 19.1 Å². The van der Waals surface area contributed by atoms with Crippen LogP contribution in [0.3, 0.4) is 0 Å². The first-order chi connectivity index (χ1) is 14.5. The number of carbonyl (C=O) groups is 1. The highest BCUT2D eigenvalue weighted by atomic mass is 28.4. The van der Waals surface area contributed by atoms with E-state index >= 15 is 0 Å². The van der Waals surface area contributed by atoms with E-state index in [9.17, 15) is 9.90 Å². The second kappa shape index (κ2) is 8.87. The van der Waals surface area contributed by atoms with E-state index in [0.717, 1.165) is 24.8 Å². The van der Waals surface area contributed by atoms with E-state index in [4.69, 9.17) is 9.16 Å². The number of β-amino-alcohol motifs (C(OH)–C–C–N with tert-alkyl or cyclic N) is 1. The van der Waals surface area contributed by atoms with Gasteiger partial charge in [0.25, 0.3) is 14.2 Å². The number of fused-ring (bicyclic) bond motifs is 2. The number of aliphatic hydroxyl groups is 1. The molecular formula is C25H41NO4Si. The summed E-state index contributed by atoms with van der Waals surface area (Å²) in [6.07, 6.45) is 5.39. The number of aliphatic hydroxyl groups excluding tert-OH is 1. The van der Waals surface area contributed by atoms with E-state index in [0.29, 0.717) is 17.2 Å². The van der Waals surface area contributed by atoms with Gasteiger partial charge in [-0.3, -0.25) is 4.79 Å². The smallest absolute Gasteiger partial charge is 0.260 e. The molecule has 0 aromatic heterocycles. The summed E-state index contributed by atoms with van der Waals surface area (Å²) in [5.41, 5.74) is 0.743. The van der Waals surface area contributed by atoms with Crippen LogP contribution in [-0.2, 0) is 10.5 Å². The summed E-state index contributed by atoms with van der Waals surface area (Å²) < 4.78 is 13.3. The van der Waals surface area contributed by atoms with Gasteiger partial charge in [0.2, 0.25) is 0 Å². The molecule has 0 aliphatic carbocycles. The highest BCUT2D eigenvalue weighted by molar-refractivity contribution is 6.74. The van der Waals surface area contributed by atoms with E-state index in [1.807, 2.05) is 18.2 Å². The number of benzene rings is 1. The van der Waals surface area contributed by atoms with Crippen molar-refractivity contribution in [2.45, 2.75) is 96.7 Å². The van der Waals surface area contributed by atoms with Crippen LogP contribution in [-0.4, -0.2) is 43.5 Å².